The monoisotopic (exact) mass is 518 g/mol. The number of fused-ring (bicyclic) bond motifs is 1. The van der Waals surface area contributed by atoms with Crippen LogP contribution in [0.25, 0.3) is 16.6 Å². The van der Waals surface area contributed by atoms with Crippen molar-refractivity contribution in [3.8, 4) is 0 Å². The van der Waals surface area contributed by atoms with Gasteiger partial charge < -0.3 is 32.4 Å². The van der Waals surface area contributed by atoms with E-state index in [-0.39, 0.29) is 11.8 Å². The topological polar surface area (TPSA) is 146 Å². The minimum absolute atomic E-state index is 0.253. The Hall–Kier alpha value is -3.88. The van der Waals surface area contributed by atoms with Crippen molar-refractivity contribution in [2.24, 2.45) is 29.2 Å². The first-order chi connectivity index (χ1) is 18.2. The minimum atomic E-state index is 0.253. The highest BCUT2D eigenvalue weighted by molar-refractivity contribution is 6.08. The van der Waals surface area contributed by atoms with Crippen molar-refractivity contribution in [1.29, 1.82) is 5.41 Å². The van der Waals surface area contributed by atoms with Crippen LogP contribution in [0.3, 0.4) is 0 Å². The van der Waals surface area contributed by atoms with Crippen LogP contribution < -0.4 is 22.1 Å². The number of carbonyl (C=O) groups is 1. The van der Waals surface area contributed by atoms with Gasteiger partial charge in [-0.1, -0.05) is 27.7 Å². The number of anilines is 1. The van der Waals surface area contributed by atoms with Crippen molar-refractivity contribution in [3.05, 3.63) is 59.8 Å². The molecule has 1 aliphatic heterocycles. The summed E-state index contributed by atoms with van der Waals surface area (Å²) in [5.41, 5.74) is 15.8. The summed E-state index contributed by atoms with van der Waals surface area (Å²) in [7, 11) is 0. The van der Waals surface area contributed by atoms with Crippen LogP contribution >= 0.6 is 0 Å². The first-order valence-electron chi connectivity index (χ1n) is 13.3. The summed E-state index contributed by atoms with van der Waals surface area (Å²) in [6, 6.07) is 5.63. The third kappa shape index (κ3) is 8.06. The number of carbonyl (C=O) groups excluding carboxylic acids is 1. The number of hydrogen-bond donors (Lipinski definition) is 5. The molecule has 1 fully saturated rings. The van der Waals surface area contributed by atoms with E-state index in [9.17, 15) is 4.79 Å². The van der Waals surface area contributed by atoms with Crippen LogP contribution in [0.5, 0.6) is 0 Å². The molecule has 1 saturated heterocycles. The number of pyridine rings is 2. The molecule has 0 radical (unpaired) electrons. The first-order valence-corrected chi connectivity index (χ1v) is 13.3. The molecule has 9 nitrogen and oxygen atoms in total. The average molecular weight is 519 g/mol. The van der Waals surface area contributed by atoms with Gasteiger partial charge in [0.1, 0.15) is 11.6 Å². The predicted molar refractivity (Wildman–Crippen MR) is 156 cm³/mol. The van der Waals surface area contributed by atoms with E-state index in [1.165, 1.54) is 6.21 Å². The SMILES string of the molecule is CC(C)CC(=O)N1CCC(CN/C=C(\C=N)c2cnc3ccc(N/C(N)=C/C(=C\N)C(C)C)nc3c2)CC1. The molecule has 1 amide bonds. The highest BCUT2D eigenvalue weighted by Crippen LogP contribution is 2.21. The van der Waals surface area contributed by atoms with E-state index in [0.717, 1.165) is 54.7 Å². The Kier molecular flexibility index (Phi) is 10.3. The molecule has 9 heteroatoms. The maximum absolute atomic E-state index is 12.3. The van der Waals surface area contributed by atoms with E-state index in [1.54, 1.807) is 18.5 Å². The zero-order valence-electron chi connectivity index (χ0n) is 23.0. The molecule has 0 spiro atoms. The van der Waals surface area contributed by atoms with Crippen molar-refractivity contribution < 1.29 is 4.79 Å². The number of amides is 1. The minimum Gasteiger partial charge on any atom is -0.404 e. The Morgan fingerprint density at radius 2 is 1.95 bits per heavy atom. The second kappa shape index (κ2) is 13.6. The molecule has 0 unspecified atom stereocenters. The van der Waals surface area contributed by atoms with E-state index < -0.39 is 0 Å². The van der Waals surface area contributed by atoms with Crippen molar-refractivity contribution in [3.63, 3.8) is 0 Å². The van der Waals surface area contributed by atoms with Crippen molar-refractivity contribution >= 4 is 34.5 Å². The van der Waals surface area contributed by atoms with E-state index >= 15 is 0 Å². The summed E-state index contributed by atoms with van der Waals surface area (Å²) in [5.74, 6) is 2.45. The van der Waals surface area contributed by atoms with Gasteiger partial charge in [-0.25, -0.2) is 4.98 Å². The fraction of sp³-hybridized carbons (Fsp3) is 0.448. The Bertz CT molecular complexity index is 1210. The maximum atomic E-state index is 12.3. The number of piperidine rings is 1. The highest BCUT2D eigenvalue weighted by Gasteiger charge is 2.22. The number of nitrogens with two attached hydrogens (primary N) is 2. The Labute approximate surface area is 226 Å². The van der Waals surface area contributed by atoms with Crippen molar-refractivity contribution in [1.82, 2.24) is 20.2 Å². The standard InChI is InChI=1S/C29H42N8O/c1-19(2)11-29(38)37-9-7-21(8-10-37)16-33-17-24(15-31)23-12-26-25(34-18-23)5-6-28(35-26)36-27(32)13-22(14-30)20(3)4/h5-6,12-15,17-21,31,33H,7-11,16,30,32H2,1-4H3,(H,35,36)/b22-14+,24-17+,27-13+,31-15?. The van der Waals surface area contributed by atoms with Crippen LogP contribution in [-0.2, 0) is 4.79 Å². The van der Waals surface area contributed by atoms with E-state index in [1.807, 2.05) is 43.1 Å². The van der Waals surface area contributed by atoms with Gasteiger partial charge in [0.2, 0.25) is 5.91 Å². The molecule has 38 heavy (non-hydrogen) atoms. The van der Waals surface area contributed by atoms with Crippen LogP contribution in [0, 0.1) is 23.2 Å². The summed E-state index contributed by atoms with van der Waals surface area (Å²) in [5, 5.41) is 14.4. The molecule has 3 rings (SSSR count). The first kappa shape index (κ1) is 28.7. The molecular formula is C29H42N8O. The molecule has 0 atom stereocenters. The van der Waals surface area contributed by atoms with Gasteiger partial charge in [0.15, 0.2) is 0 Å². The molecule has 0 aliphatic carbocycles. The Morgan fingerprint density at radius 3 is 2.58 bits per heavy atom. The van der Waals surface area contributed by atoms with Crippen LogP contribution in [0.4, 0.5) is 5.82 Å². The molecular weight excluding hydrogens is 476 g/mol. The molecule has 2 aromatic rings. The van der Waals surface area contributed by atoms with E-state index in [4.69, 9.17) is 16.9 Å². The second-order valence-corrected chi connectivity index (χ2v) is 10.6. The summed E-state index contributed by atoms with van der Waals surface area (Å²) in [6.45, 7) is 10.7. The molecule has 2 aromatic heterocycles. The normalized spacial score (nSPS) is 15.8. The third-order valence-electron chi connectivity index (χ3n) is 6.69. The van der Waals surface area contributed by atoms with Crippen molar-refractivity contribution in [2.75, 3.05) is 25.0 Å². The summed E-state index contributed by atoms with van der Waals surface area (Å²) < 4.78 is 0. The number of likely N-dealkylation sites (tertiary alicyclic amines) is 1. The van der Waals surface area contributed by atoms with Gasteiger partial charge in [0, 0.05) is 55.8 Å². The van der Waals surface area contributed by atoms with Gasteiger partial charge in [0.05, 0.1) is 11.0 Å². The smallest absolute Gasteiger partial charge is 0.222 e. The van der Waals surface area contributed by atoms with Gasteiger partial charge in [-0.05, 0) is 66.6 Å². The quantitative estimate of drug-likeness (QED) is 0.221. The lowest BCUT2D eigenvalue weighted by atomic mass is 9.96. The van der Waals surface area contributed by atoms with Gasteiger partial charge in [-0.3, -0.25) is 9.78 Å². The zero-order chi connectivity index (χ0) is 27.7. The number of hydrogen-bond acceptors (Lipinski definition) is 8. The van der Waals surface area contributed by atoms with Gasteiger partial charge in [-0.2, -0.15) is 0 Å². The second-order valence-electron chi connectivity index (χ2n) is 10.6. The fourth-order valence-electron chi connectivity index (χ4n) is 4.41. The molecule has 204 valence electrons. The summed E-state index contributed by atoms with van der Waals surface area (Å²) >= 11 is 0. The Morgan fingerprint density at radius 1 is 1.21 bits per heavy atom. The lowest BCUT2D eigenvalue weighted by Gasteiger charge is -2.32. The molecule has 1 aliphatic rings. The van der Waals surface area contributed by atoms with Crippen LogP contribution in [0.2, 0.25) is 0 Å². The largest absolute Gasteiger partial charge is 0.404 e. The van der Waals surface area contributed by atoms with E-state index in [0.29, 0.717) is 35.4 Å². The van der Waals surface area contributed by atoms with Gasteiger partial charge in [0.25, 0.3) is 0 Å². The molecule has 3 heterocycles. The Balaban J connectivity index is 1.63. The van der Waals surface area contributed by atoms with E-state index in [2.05, 4.69) is 34.4 Å². The molecule has 0 saturated carbocycles. The summed E-state index contributed by atoms with van der Waals surface area (Å²) in [4.78, 5) is 23.5. The summed E-state index contributed by atoms with van der Waals surface area (Å²) in [6.07, 6.45) is 10.9. The fourth-order valence-corrected chi connectivity index (χ4v) is 4.41. The van der Waals surface area contributed by atoms with Crippen LogP contribution in [0.15, 0.2) is 54.3 Å². The van der Waals surface area contributed by atoms with Crippen molar-refractivity contribution in [2.45, 2.75) is 47.0 Å². The lowest BCUT2D eigenvalue weighted by Crippen LogP contribution is -2.40. The third-order valence-corrected chi connectivity index (χ3v) is 6.69. The number of nitrogens with one attached hydrogen (secondary N) is 3. The lowest BCUT2D eigenvalue weighted by molar-refractivity contribution is -0.133. The number of aromatic nitrogens is 2. The maximum Gasteiger partial charge on any atom is 0.222 e. The number of rotatable bonds is 11. The van der Waals surface area contributed by atoms with Gasteiger partial charge >= 0.3 is 0 Å². The van der Waals surface area contributed by atoms with Crippen LogP contribution in [0.1, 0.15) is 52.5 Å². The number of allylic oxidation sites excluding steroid dienone is 3. The molecule has 7 N–H and O–H groups in total. The molecule has 0 bridgehead atoms. The zero-order valence-corrected chi connectivity index (χ0v) is 23.0. The van der Waals surface area contributed by atoms with Crippen LogP contribution in [-0.4, -0.2) is 46.6 Å². The average Bonchev–Trinajstić information content (AvgIpc) is 2.89. The highest BCUT2D eigenvalue weighted by atomic mass is 16.2. The predicted octanol–water partition coefficient (Wildman–Crippen LogP) is 4.21. The van der Waals surface area contributed by atoms with Gasteiger partial charge in [-0.15, -0.1) is 0 Å². The number of nitrogens with zero attached hydrogens (tertiary/aromatic N) is 3. The molecule has 0 aromatic carbocycles.